The third-order valence-corrected chi connectivity index (χ3v) is 3.85. The molecule has 0 saturated heterocycles. The Morgan fingerprint density at radius 3 is 3.00 bits per heavy atom. The summed E-state index contributed by atoms with van der Waals surface area (Å²) in [4.78, 5) is 17.4. The van der Waals surface area contributed by atoms with Gasteiger partial charge in [0.1, 0.15) is 5.69 Å². The quantitative estimate of drug-likeness (QED) is 0.858. The molecule has 0 bridgehead atoms. The lowest BCUT2D eigenvalue weighted by Crippen LogP contribution is -2.39. The maximum Gasteiger partial charge on any atom is 0.271 e. The SMILES string of the molecule is CCN[C@H](C)CNC(=O)c1nc(-c2ccco2)sc1C. The topological polar surface area (TPSA) is 67.2 Å². The lowest BCUT2D eigenvalue weighted by molar-refractivity contribution is 0.0945. The third kappa shape index (κ3) is 3.46. The number of nitrogens with one attached hydrogen (secondary N) is 2. The van der Waals surface area contributed by atoms with Gasteiger partial charge in [-0.25, -0.2) is 4.98 Å². The molecule has 0 fully saturated rings. The summed E-state index contributed by atoms with van der Waals surface area (Å²) < 4.78 is 5.30. The van der Waals surface area contributed by atoms with Crippen LogP contribution < -0.4 is 10.6 Å². The Morgan fingerprint density at radius 2 is 2.35 bits per heavy atom. The van der Waals surface area contributed by atoms with Crippen molar-refractivity contribution in [3.05, 3.63) is 29.0 Å². The lowest BCUT2D eigenvalue weighted by atomic mass is 10.3. The molecule has 0 aromatic carbocycles. The van der Waals surface area contributed by atoms with Crippen molar-refractivity contribution in [2.75, 3.05) is 13.1 Å². The van der Waals surface area contributed by atoms with Crippen molar-refractivity contribution >= 4 is 17.2 Å². The van der Waals surface area contributed by atoms with E-state index in [-0.39, 0.29) is 11.9 Å². The molecule has 0 saturated carbocycles. The first-order valence-corrected chi connectivity index (χ1v) is 7.46. The molecule has 0 radical (unpaired) electrons. The third-order valence-electron chi connectivity index (χ3n) is 2.87. The molecule has 1 atom stereocenters. The van der Waals surface area contributed by atoms with Gasteiger partial charge in [-0.05, 0) is 32.5 Å². The first kappa shape index (κ1) is 14.7. The standard InChI is InChI=1S/C14H19N3O2S/c1-4-15-9(2)8-16-13(18)12-10(3)20-14(17-12)11-6-5-7-19-11/h5-7,9,15H,4,8H2,1-3H3,(H,16,18)/t9-/m1/s1. The van der Waals surface area contributed by atoms with Gasteiger partial charge < -0.3 is 15.1 Å². The molecule has 0 unspecified atom stereocenters. The second kappa shape index (κ2) is 6.67. The summed E-state index contributed by atoms with van der Waals surface area (Å²) >= 11 is 1.46. The fraction of sp³-hybridized carbons (Fsp3) is 0.429. The Bertz CT molecular complexity index is 563. The number of rotatable bonds is 6. The Labute approximate surface area is 122 Å². The molecule has 0 spiro atoms. The number of nitrogens with zero attached hydrogens (tertiary/aromatic N) is 1. The Balaban J connectivity index is 2.03. The van der Waals surface area contributed by atoms with Crippen LogP contribution in [0, 0.1) is 6.92 Å². The average molecular weight is 293 g/mol. The van der Waals surface area contributed by atoms with Crippen LogP contribution in [0.5, 0.6) is 0 Å². The van der Waals surface area contributed by atoms with Crippen molar-refractivity contribution in [3.8, 4) is 10.8 Å². The summed E-state index contributed by atoms with van der Waals surface area (Å²) in [7, 11) is 0. The van der Waals surface area contributed by atoms with Gasteiger partial charge in [0.25, 0.3) is 5.91 Å². The fourth-order valence-corrected chi connectivity index (χ4v) is 2.74. The number of carbonyl (C=O) groups is 1. The Hall–Kier alpha value is -1.66. The molecular weight excluding hydrogens is 274 g/mol. The van der Waals surface area contributed by atoms with E-state index in [4.69, 9.17) is 4.42 Å². The van der Waals surface area contributed by atoms with Crippen LogP contribution in [0.15, 0.2) is 22.8 Å². The molecule has 1 amide bonds. The highest BCUT2D eigenvalue weighted by molar-refractivity contribution is 7.15. The molecule has 2 aromatic rings. The van der Waals surface area contributed by atoms with Gasteiger partial charge in [0.2, 0.25) is 0 Å². The predicted molar refractivity (Wildman–Crippen MR) is 80.0 cm³/mol. The maximum absolute atomic E-state index is 12.1. The van der Waals surface area contributed by atoms with Crippen molar-refractivity contribution in [1.82, 2.24) is 15.6 Å². The van der Waals surface area contributed by atoms with Crippen LogP contribution in [-0.2, 0) is 0 Å². The predicted octanol–water partition coefficient (Wildman–Crippen LogP) is 2.44. The van der Waals surface area contributed by atoms with Crippen molar-refractivity contribution in [2.45, 2.75) is 26.8 Å². The highest BCUT2D eigenvalue weighted by Crippen LogP contribution is 2.27. The van der Waals surface area contributed by atoms with E-state index in [1.807, 2.05) is 32.9 Å². The minimum atomic E-state index is -0.138. The van der Waals surface area contributed by atoms with E-state index in [0.717, 1.165) is 16.4 Å². The highest BCUT2D eigenvalue weighted by Gasteiger charge is 2.17. The summed E-state index contributed by atoms with van der Waals surface area (Å²) in [5, 5.41) is 6.88. The van der Waals surface area contributed by atoms with Gasteiger partial charge in [-0.2, -0.15) is 0 Å². The molecule has 2 rings (SSSR count). The number of hydrogen-bond donors (Lipinski definition) is 2. The zero-order valence-corrected chi connectivity index (χ0v) is 12.7. The molecule has 2 aromatic heterocycles. The van der Waals surface area contributed by atoms with Gasteiger partial charge in [-0.1, -0.05) is 6.92 Å². The Morgan fingerprint density at radius 1 is 1.55 bits per heavy atom. The smallest absolute Gasteiger partial charge is 0.271 e. The normalized spacial score (nSPS) is 12.3. The number of furan rings is 1. The van der Waals surface area contributed by atoms with E-state index < -0.39 is 0 Å². The van der Waals surface area contributed by atoms with Crippen LogP contribution >= 0.6 is 11.3 Å². The molecule has 0 aliphatic heterocycles. The summed E-state index contributed by atoms with van der Waals surface area (Å²) in [5.41, 5.74) is 0.477. The maximum atomic E-state index is 12.1. The summed E-state index contributed by atoms with van der Waals surface area (Å²) in [5.74, 6) is 0.555. The van der Waals surface area contributed by atoms with Crippen molar-refractivity contribution < 1.29 is 9.21 Å². The number of likely N-dealkylation sites (N-methyl/N-ethyl adjacent to an activating group) is 1. The molecule has 108 valence electrons. The first-order chi connectivity index (χ1) is 9.61. The molecular formula is C14H19N3O2S. The van der Waals surface area contributed by atoms with Crippen LogP contribution in [-0.4, -0.2) is 30.0 Å². The van der Waals surface area contributed by atoms with Gasteiger partial charge in [0.05, 0.1) is 6.26 Å². The molecule has 0 aliphatic carbocycles. The average Bonchev–Trinajstić information content (AvgIpc) is 3.05. The minimum Gasteiger partial charge on any atom is -0.462 e. The highest BCUT2D eigenvalue weighted by atomic mass is 32.1. The van der Waals surface area contributed by atoms with E-state index in [2.05, 4.69) is 15.6 Å². The second-order valence-electron chi connectivity index (χ2n) is 4.57. The molecule has 2 N–H and O–H groups in total. The van der Waals surface area contributed by atoms with E-state index in [9.17, 15) is 4.79 Å². The first-order valence-electron chi connectivity index (χ1n) is 6.64. The summed E-state index contributed by atoms with van der Waals surface area (Å²) in [6.45, 7) is 7.44. The number of aryl methyl sites for hydroxylation is 1. The number of aromatic nitrogens is 1. The van der Waals surface area contributed by atoms with Crippen molar-refractivity contribution in [2.24, 2.45) is 0 Å². The van der Waals surface area contributed by atoms with Gasteiger partial charge in [-0.15, -0.1) is 11.3 Å². The zero-order valence-electron chi connectivity index (χ0n) is 11.9. The van der Waals surface area contributed by atoms with E-state index in [1.54, 1.807) is 6.26 Å². The van der Waals surface area contributed by atoms with Gasteiger partial charge >= 0.3 is 0 Å². The molecule has 6 heteroatoms. The van der Waals surface area contributed by atoms with Gasteiger partial charge in [-0.3, -0.25) is 4.79 Å². The number of amides is 1. The minimum absolute atomic E-state index is 0.138. The van der Waals surface area contributed by atoms with Crippen LogP contribution in [0.1, 0.15) is 29.2 Å². The van der Waals surface area contributed by atoms with Crippen molar-refractivity contribution in [1.29, 1.82) is 0 Å². The summed E-state index contributed by atoms with van der Waals surface area (Å²) in [6, 6.07) is 3.89. The number of hydrogen-bond acceptors (Lipinski definition) is 5. The van der Waals surface area contributed by atoms with E-state index in [1.165, 1.54) is 11.3 Å². The summed E-state index contributed by atoms with van der Waals surface area (Å²) in [6.07, 6.45) is 1.60. The Kier molecular flexibility index (Phi) is 4.92. The number of carbonyl (C=O) groups excluding carboxylic acids is 1. The lowest BCUT2D eigenvalue weighted by Gasteiger charge is -2.12. The van der Waals surface area contributed by atoms with Crippen LogP contribution in [0.3, 0.4) is 0 Å². The van der Waals surface area contributed by atoms with Crippen LogP contribution in [0.4, 0.5) is 0 Å². The van der Waals surface area contributed by atoms with Gasteiger partial charge in [0, 0.05) is 17.5 Å². The van der Waals surface area contributed by atoms with E-state index in [0.29, 0.717) is 18.0 Å². The molecule has 2 heterocycles. The fourth-order valence-electron chi connectivity index (χ4n) is 1.86. The van der Waals surface area contributed by atoms with Crippen LogP contribution in [0.25, 0.3) is 10.8 Å². The monoisotopic (exact) mass is 293 g/mol. The van der Waals surface area contributed by atoms with Gasteiger partial charge in [0.15, 0.2) is 10.8 Å². The second-order valence-corrected chi connectivity index (χ2v) is 5.77. The molecule has 0 aliphatic rings. The van der Waals surface area contributed by atoms with Crippen LogP contribution in [0.2, 0.25) is 0 Å². The number of thiazole rings is 1. The zero-order chi connectivity index (χ0) is 14.5. The molecule has 5 nitrogen and oxygen atoms in total. The largest absolute Gasteiger partial charge is 0.462 e. The molecule has 20 heavy (non-hydrogen) atoms. The van der Waals surface area contributed by atoms with E-state index >= 15 is 0 Å². The van der Waals surface area contributed by atoms with Crippen molar-refractivity contribution in [3.63, 3.8) is 0 Å².